The SMILES string of the molecule is CS(=O)NC(=O)Cc1ccc(OC2CCCC2)c(-c2cccc(F)c2C2CCC2)c1. The van der Waals surface area contributed by atoms with E-state index in [1.54, 1.807) is 6.07 Å². The molecule has 2 saturated carbocycles. The highest BCUT2D eigenvalue weighted by Crippen LogP contribution is 2.45. The summed E-state index contributed by atoms with van der Waals surface area (Å²) in [6.07, 6.45) is 9.24. The van der Waals surface area contributed by atoms with Gasteiger partial charge in [-0.25, -0.2) is 8.60 Å². The highest BCUT2D eigenvalue weighted by molar-refractivity contribution is 7.82. The Morgan fingerprint density at radius 2 is 1.87 bits per heavy atom. The van der Waals surface area contributed by atoms with Crippen LogP contribution in [0.1, 0.15) is 62.0 Å². The van der Waals surface area contributed by atoms with Crippen molar-refractivity contribution in [2.45, 2.75) is 63.4 Å². The number of hydrogen-bond acceptors (Lipinski definition) is 3. The second-order valence-corrected chi connectivity index (χ2v) is 9.45. The second-order valence-electron chi connectivity index (χ2n) is 8.34. The molecule has 4 nitrogen and oxygen atoms in total. The van der Waals surface area contributed by atoms with E-state index in [0.717, 1.165) is 60.1 Å². The van der Waals surface area contributed by atoms with Crippen LogP contribution in [0.5, 0.6) is 5.75 Å². The first-order chi connectivity index (χ1) is 14.5. The number of carbonyl (C=O) groups excluding carboxylic acids is 1. The lowest BCUT2D eigenvalue weighted by molar-refractivity contribution is -0.118. The maximum absolute atomic E-state index is 14.9. The summed E-state index contributed by atoms with van der Waals surface area (Å²) in [5, 5.41) is 0. The molecule has 2 fully saturated rings. The third-order valence-electron chi connectivity index (χ3n) is 6.12. The average molecular weight is 430 g/mol. The number of halogens is 1. The van der Waals surface area contributed by atoms with E-state index in [4.69, 9.17) is 4.74 Å². The van der Waals surface area contributed by atoms with Crippen molar-refractivity contribution in [3.05, 3.63) is 53.3 Å². The molecular formula is C24H28FNO3S. The molecule has 0 radical (unpaired) electrons. The Bertz CT molecular complexity index is 951. The van der Waals surface area contributed by atoms with E-state index in [1.165, 1.54) is 25.2 Å². The van der Waals surface area contributed by atoms with Gasteiger partial charge in [0.25, 0.3) is 0 Å². The molecule has 0 spiro atoms. The summed E-state index contributed by atoms with van der Waals surface area (Å²) in [4.78, 5) is 12.1. The molecule has 2 aliphatic carbocycles. The molecule has 1 amide bonds. The van der Waals surface area contributed by atoms with E-state index in [-0.39, 0.29) is 30.2 Å². The van der Waals surface area contributed by atoms with E-state index in [1.807, 2.05) is 24.3 Å². The van der Waals surface area contributed by atoms with E-state index < -0.39 is 11.0 Å². The van der Waals surface area contributed by atoms with Crippen molar-refractivity contribution < 1.29 is 18.1 Å². The van der Waals surface area contributed by atoms with Gasteiger partial charge in [0, 0.05) is 11.8 Å². The van der Waals surface area contributed by atoms with E-state index in [2.05, 4.69) is 4.72 Å². The fourth-order valence-electron chi connectivity index (χ4n) is 4.45. The molecule has 4 rings (SSSR count). The van der Waals surface area contributed by atoms with Crippen molar-refractivity contribution in [2.75, 3.05) is 6.26 Å². The largest absolute Gasteiger partial charge is 0.490 e. The van der Waals surface area contributed by atoms with Crippen LogP contribution in [0.15, 0.2) is 36.4 Å². The van der Waals surface area contributed by atoms with Crippen LogP contribution < -0.4 is 9.46 Å². The van der Waals surface area contributed by atoms with Gasteiger partial charge >= 0.3 is 0 Å². The molecule has 0 bridgehead atoms. The fraction of sp³-hybridized carbons (Fsp3) is 0.458. The third-order valence-corrected chi connectivity index (χ3v) is 6.63. The Kier molecular flexibility index (Phi) is 6.52. The third kappa shape index (κ3) is 4.75. The predicted molar refractivity (Wildman–Crippen MR) is 117 cm³/mol. The zero-order chi connectivity index (χ0) is 21.1. The minimum Gasteiger partial charge on any atom is -0.490 e. The summed E-state index contributed by atoms with van der Waals surface area (Å²) >= 11 is 0. The normalized spacial score (nSPS) is 18.1. The Labute approximate surface area is 179 Å². The monoisotopic (exact) mass is 429 g/mol. The van der Waals surface area contributed by atoms with Crippen LogP contribution in [-0.4, -0.2) is 22.5 Å². The highest BCUT2D eigenvalue weighted by Gasteiger charge is 2.27. The number of rotatable bonds is 7. The average Bonchev–Trinajstić information content (AvgIpc) is 3.15. The van der Waals surface area contributed by atoms with E-state index in [9.17, 15) is 13.4 Å². The number of nitrogens with one attached hydrogen (secondary N) is 1. The lowest BCUT2D eigenvalue weighted by Crippen LogP contribution is -2.26. The van der Waals surface area contributed by atoms with Crippen LogP contribution in [0.2, 0.25) is 0 Å². The van der Waals surface area contributed by atoms with Crippen molar-refractivity contribution in [1.29, 1.82) is 0 Å². The summed E-state index contributed by atoms with van der Waals surface area (Å²) in [7, 11) is -1.40. The zero-order valence-electron chi connectivity index (χ0n) is 17.3. The molecule has 30 heavy (non-hydrogen) atoms. The molecule has 160 valence electrons. The number of carbonyl (C=O) groups is 1. The van der Waals surface area contributed by atoms with Crippen LogP contribution in [-0.2, 0) is 22.2 Å². The van der Waals surface area contributed by atoms with E-state index >= 15 is 0 Å². The molecule has 0 saturated heterocycles. The molecule has 2 aromatic rings. The summed E-state index contributed by atoms with van der Waals surface area (Å²) in [5.74, 6) is 0.504. The smallest absolute Gasteiger partial charge is 0.236 e. The Morgan fingerprint density at radius 3 is 2.53 bits per heavy atom. The Hall–Kier alpha value is -2.21. The topological polar surface area (TPSA) is 55.4 Å². The number of benzene rings is 2. The minimum absolute atomic E-state index is 0.115. The van der Waals surface area contributed by atoms with Crippen LogP contribution in [0.3, 0.4) is 0 Å². The van der Waals surface area contributed by atoms with Crippen molar-refractivity contribution in [3.8, 4) is 16.9 Å². The van der Waals surface area contributed by atoms with Gasteiger partial charge in [-0.3, -0.25) is 9.52 Å². The van der Waals surface area contributed by atoms with Gasteiger partial charge in [0.05, 0.1) is 12.5 Å². The number of hydrogen-bond donors (Lipinski definition) is 1. The molecule has 0 heterocycles. The molecular weight excluding hydrogens is 401 g/mol. The quantitative estimate of drug-likeness (QED) is 0.671. The molecule has 2 aromatic carbocycles. The van der Waals surface area contributed by atoms with Gasteiger partial charge in [-0.1, -0.05) is 24.6 Å². The molecule has 1 unspecified atom stereocenters. The van der Waals surface area contributed by atoms with Gasteiger partial charge < -0.3 is 4.74 Å². The first-order valence-corrected chi connectivity index (χ1v) is 12.3. The molecule has 6 heteroatoms. The molecule has 2 aliphatic rings. The summed E-state index contributed by atoms with van der Waals surface area (Å²) in [6, 6.07) is 10.9. The van der Waals surface area contributed by atoms with Crippen molar-refractivity contribution in [2.24, 2.45) is 0 Å². The van der Waals surface area contributed by atoms with Crippen LogP contribution in [0.25, 0.3) is 11.1 Å². The summed E-state index contributed by atoms with van der Waals surface area (Å²) < 4.78 is 34.9. The number of ether oxygens (including phenoxy) is 1. The maximum Gasteiger partial charge on any atom is 0.236 e. The van der Waals surface area contributed by atoms with Crippen LogP contribution in [0.4, 0.5) is 4.39 Å². The van der Waals surface area contributed by atoms with Crippen LogP contribution in [0, 0.1) is 5.82 Å². The van der Waals surface area contributed by atoms with Crippen molar-refractivity contribution in [3.63, 3.8) is 0 Å². The van der Waals surface area contributed by atoms with Gasteiger partial charge in [0.2, 0.25) is 5.91 Å². The van der Waals surface area contributed by atoms with Gasteiger partial charge in [-0.05, 0) is 79.3 Å². The van der Waals surface area contributed by atoms with Gasteiger partial charge in [0.15, 0.2) is 0 Å². The standard InChI is InChI=1S/C24H28FNO3S/c1-30(28)26-23(27)15-16-12-13-22(29-18-8-2-3-9-18)20(14-16)19-10-5-11-21(25)24(19)17-6-4-7-17/h5,10-14,17-18H,2-4,6-9,15H2,1H3,(H,26,27). The molecule has 0 aromatic heterocycles. The van der Waals surface area contributed by atoms with Crippen LogP contribution >= 0.6 is 0 Å². The molecule has 1 N–H and O–H groups in total. The molecule has 0 aliphatic heterocycles. The number of amides is 1. The fourth-order valence-corrected chi connectivity index (χ4v) is 4.84. The second kappa shape index (κ2) is 9.29. The summed E-state index contributed by atoms with van der Waals surface area (Å²) in [5.41, 5.74) is 3.24. The lowest BCUT2D eigenvalue weighted by atomic mass is 9.76. The first kappa shape index (κ1) is 21.0. The Balaban J connectivity index is 1.73. The zero-order valence-corrected chi connectivity index (χ0v) is 18.1. The Morgan fingerprint density at radius 1 is 1.10 bits per heavy atom. The van der Waals surface area contributed by atoms with Crippen molar-refractivity contribution in [1.82, 2.24) is 4.72 Å². The van der Waals surface area contributed by atoms with E-state index in [0.29, 0.717) is 0 Å². The van der Waals surface area contributed by atoms with Gasteiger partial charge in [-0.2, -0.15) is 0 Å². The maximum atomic E-state index is 14.9. The lowest BCUT2D eigenvalue weighted by Gasteiger charge is -2.29. The minimum atomic E-state index is -1.40. The highest BCUT2D eigenvalue weighted by atomic mass is 32.2. The summed E-state index contributed by atoms with van der Waals surface area (Å²) in [6.45, 7) is 0. The van der Waals surface area contributed by atoms with Crippen molar-refractivity contribution >= 4 is 16.9 Å². The predicted octanol–water partition coefficient (Wildman–Crippen LogP) is 5.03. The molecule has 1 atom stereocenters. The van der Waals surface area contributed by atoms with Gasteiger partial charge in [-0.15, -0.1) is 0 Å². The van der Waals surface area contributed by atoms with Gasteiger partial charge in [0.1, 0.15) is 22.6 Å². The first-order valence-electron chi connectivity index (χ1n) is 10.7.